The fraction of sp³-hybridized carbons (Fsp3) is 0.192. The summed E-state index contributed by atoms with van der Waals surface area (Å²) in [6.45, 7) is 1.69. The van der Waals surface area contributed by atoms with Gasteiger partial charge in [0.05, 0.1) is 22.2 Å². The van der Waals surface area contributed by atoms with Gasteiger partial charge in [0.1, 0.15) is 6.61 Å². The lowest BCUT2D eigenvalue weighted by Gasteiger charge is -2.16. The van der Waals surface area contributed by atoms with E-state index in [1.165, 1.54) is 12.1 Å². The number of aliphatic carboxylic acids is 1. The minimum absolute atomic E-state index is 0.0436. The molecule has 0 bridgehead atoms. The second kappa shape index (κ2) is 10.4. The fourth-order valence-corrected chi connectivity index (χ4v) is 4.76. The highest BCUT2D eigenvalue weighted by Crippen LogP contribution is 2.44. The molecule has 4 rings (SSSR count). The molecule has 9 heteroatoms. The first kappa shape index (κ1) is 24.6. The number of halogens is 2. The monoisotopic (exact) mass is 512 g/mol. The zero-order chi connectivity index (χ0) is 25.1. The van der Waals surface area contributed by atoms with Gasteiger partial charge in [-0.05, 0) is 41.3 Å². The number of benzene rings is 3. The SMILES string of the molecule is C[C@H](CC(=O)O)NC(=O)c1cc(Cl)c(NC(=O)OCC2c3ccccc3-c3ccccc32)c(Cl)c1. The molecule has 0 spiro atoms. The zero-order valence-corrected chi connectivity index (χ0v) is 20.2. The number of hydrogen-bond acceptors (Lipinski definition) is 4. The van der Waals surface area contributed by atoms with Crippen LogP contribution in [0.4, 0.5) is 10.5 Å². The van der Waals surface area contributed by atoms with Gasteiger partial charge in [0, 0.05) is 17.5 Å². The second-order valence-corrected chi connectivity index (χ2v) is 9.05. The summed E-state index contributed by atoms with van der Waals surface area (Å²) >= 11 is 12.6. The highest BCUT2D eigenvalue weighted by Gasteiger charge is 2.29. The summed E-state index contributed by atoms with van der Waals surface area (Å²) in [7, 11) is 0. The third-order valence-electron chi connectivity index (χ3n) is 5.73. The molecule has 35 heavy (non-hydrogen) atoms. The van der Waals surface area contributed by atoms with Crippen molar-refractivity contribution in [2.75, 3.05) is 11.9 Å². The largest absolute Gasteiger partial charge is 0.481 e. The van der Waals surface area contributed by atoms with Gasteiger partial charge in [-0.25, -0.2) is 4.79 Å². The maximum atomic E-state index is 12.6. The van der Waals surface area contributed by atoms with Crippen molar-refractivity contribution in [1.82, 2.24) is 5.32 Å². The Hall–Kier alpha value is -3.55. The molecule has 1 aliphatic carbocycles. The molecule has 0 saturated heterocycles. The molecule has 180 valence electrons. The van der Waals surface area contributed by atoms with Gasteiger partial charge < -0.3 is 15.2 Å². The van der Waals surface area contributed by atoms with Gasteiger partial charge in [0.15, 0.2) is 0 Å². The van der Waals surface area contributed by atoms with Crippen LogP contribution in [-0.2, 0) is 9.53 Å². The zero-order valence-electron chi connectivity index (χ0n) is 18.7. The maximum Gasteiger partial charge on any atom is 0.411 e. The Kier molecular flexibility index (Phi) is 7.28. The molecule has 0 aliphatic heterocycles. The third kappa shape index (κ3) is 5.42. The van der Waals surface area contributed by atoms with Gasteiger partial charge in [-0.1, -0.05) is 71.7 Å². The first-order valence-electron chi connectivity index (χ1n) is 10.9. The molecule has 0 aromatic heterocycles. The Labute approximate surface area is 212 Å². The molecule has 0 heterocycles. The van der Waals surface area contributed by atoms with Crippen molar-refractivity contribution >= 4 is 46.9 Å². The van der Waals surface area contributed by atoms with Crippen molar-refractivity contribution in [2.45, 2.75) is 25.3 Å². The number of carbonyl (C=O) groups excluding carboxylic acids is 2. The van der Waals surface area contributed by atoms with Crippen molar-refractivity contribution in [3.8, 4) is 11.1 Å². The van der Waals surface area contributed by atoms with E-state index in [0.717, 1.165) is 22.3 Å². The smallest absolute Gasteiger partial charge is 0.411 e. The van der Waals surface area contributed by atoms with E-state index in [2.05, 4.69) is 10.6 Å². The second-order valence-electron chi connectivity index (χ2n) is 8.24. The number of rotatable bonds is 7. The van der Waals surface area contributed by atoms with Crippen molar-refractivity contribution in [3.05, 3.63) is 87.4 Å². The van der Waals surface area contributed by atoms with Crippen LogP contribution in [0.1, 0.15) is 40.7 Å². The average molecular weight is 513 g/mol. The van der Waals surface area contributed by atoms with Crippen molar-refractivity contribution in [3.63, 3.8) is 0 Å². The van der Waals surface area contributed by atoms with Gasteiger partial charge in [-0.3, -0.25) is 14.9 Å². The van der Waals surface area contributed by atoms with Crippen LogP contribution in [0.15, 0.2) is 60.7 Å². The molecular formula is C26H22Cl2N2O5. The number of amides is 2. The van der Waals surface area contributed by atoms with Gasteiger partial charge in [-0.15, -0.1) is 0 Å². The summed E-state index contributed by atoms with van der Waals surface area (Å²) in [5.41, 5.74) is 4.66. The molecule has 1 aliphatic rings. The topological polar surface area (TPSA) is 105 Å². The summed E-state index contributed by atoms with van der Waals surface area (Å²) in [6.07, 6.45) is -0.961. The molecular weight excluding hydrogens is 491 g/mol. The summed E-state index contributed by atoms with van der Waals surface area (Å²) in [5, 5.41) is 14.0. The van der Waals surface area contributed by atoms with Gasteiger partial charge in [0.2, 0.25) is 0 Å². The molecule has 1 atom stereocenters. The molecule has 0 radical (unpaired) electrons. The van der Waals surface area contributed by atoms with E-state index >= 15 is 0 Å². The highest BCUT2D eigenvalue weighted by molar-refractivity contribution is 6.40. The highest BCUT2D eigenvalue weighted by atomic mass is 35.5. The van der Waals surface area contributed by atoms with Gasteiger partial charge in [-0.2, -0.15) is 0 Å². The first-order valence-corrected chi connectivity index (χ1v) is 11.6. The Balaban J connectivity index is 1.43. The third-order valence-corrected chi connectivity index (χ3v) is 6.33. The average Bonchev–Trinajstić information content (AvgIpc) is 3.13. The van der Waals surface area contributed by atoms with Crippen LogP contribution < -0.4 is 10.6 Å². The summed E-state index contributed by atoms with van der Waals surface area (Å²) in [4.78, 5) is 35.8. The van der Waals surface area contributed by atoms with E-state index in [9.17, 15) is 14.4 Å². The molecule has 0 fully saturated rings. The van der Waals surface area contributed by atoms with Crippen LogP contribution in [0.3, 0.4) is 0 Å². The Morgan fingerprint density at radius 2 is 1.51 bits per heavy atom. The lowest BCUT2D eigenvalue weighted by atomic mass is 9.98. The van der Waals surface area contributed by atoms with Crippen LogP contribution in [0.25, 0.3) is 11.1 Å². The van der Waals surface area contributed by atoms with E-state index in [-0.39, 0.29) is 40.2 Å². The van der Waals surface area contributed by atoms with E-state index in [4.69, 9.17) is 33.0 Å². The number of carboxylic acids is 1. The molecule has 3 aromatic carbocycles. The number of ether oxygens (including phenoxy) is 1. The van der Waals surface area contributed by atoms with Crippen LogP contribution in [0, 0.1) is 0 Å². The number of anilines is 1. The van der Waals surface area contributed by atoms with Crippen molar-refractivity contribution in [1.29, 1.82) is 0 Å². The van der Waals surface area contributed by atoms with E-state index in [1.807, 2.05) is 48.5 Å². The van der Waals surface area contributed by atoms with Gasteiger partial charge >= 0.3 is 12.1 Å². The van der Waals surface area contributed by atoms with Crippen LogP contribution in [-0.4, -0.2) is 35.7 Å². The number of carbonyl (C=O) groups is 3. The lowest BCUT2D eigenvalue weighted by Crippen LogP contribution is -2.34. The molecule has 0 unspecified atom stereocenters. The number of carboxylic acid groups (broad SMARTS) is 1. The first-order chi connectivity index (χ1) is 16.7. The number of hydrogen-bond donors (Lipinski definition) is 3. The summed E-state index contributed by atoms with van der Waals surface area (Å²) in [6, 6.07) is 18.1. The Morgan fingerprint density at radius 1 is 0.971 bits per heavy atom. The van der Waals surface area contributed by atoms with Crippen molar-refractivity contribution < 1.29 is 24.2 Å². The van der Waals surface area contributed by atoms with Crippen LogP contribution in [0.2, 0.25) is 10.0 Å². The maximum absolute atomic E-state index is 12.6. The van der Waals surface area contributed by atoms with Crippen LogP contribution >= 0.6 is 23.2 Å². The molecule has 0 saturated carbocycles. The van der Waals surface area contributed by atoms with Gasteiger partial charge in [0.25, 0.3) is 5.91 Å². The summed E-state index contributed by atoms with van der Waals surface area (Å²) in [5.74, 6) is -1.66. The lowest BCUT2D eigenvalue weighted by molar-refractivity contribution is -0.137. The minimum Gasteiger partial charge on any atom is -0.481 e. The predicted molar refractivity (Wildman–Crippen MR) is 134 cm³/mol. The standard InChI is InChI=1S/C26H22Cl2N2O5/c1-14(10-23(31)32)29-25(33)15-11-21(27)24(22(28)12-15)30-26(34)35-13-20-18-8-4-2-6-16(18)17-7-3-5-9-19(17)20/h2-9,11-12,14,20H,10,13H2,1H3,(H,29,33)(H,30,34)(H,31,32)/t14-/m1/s1. The Bertz CT molecular complexity index is 1240. The fourth-order valence-electron chi connectivity index (χ4n) is 4.18. The quantitative estimate of drug-likeness (QED) is 0.362. The summed E-state index contributed by atoms with van der Waals surface area (Å²) < 4.78 is 5.52. The molecule has 2 amide bonds. The minimum atomic E-state index is -1.03. The van der Waals surface area contributed by atoms with E-state index in [1.54, 1.807) is 6.92 Å². The van der Waals surface area contributed by atoms with E-state index < -0.39 is 24.0 Å². The normalized spacial score (nSPS) is 12.9. The number of fused-ring (bicyclic) bond motifs is 3. The molecule has 3 aromatic rings. The molecule has 7 nitrogen and oxygen atoms in total. The van der Waals surface area contributed by atoms with E-state index in [0.29, 0.717) is 0 Å². The van der Waals surface area contributed by atoms with Crippen LogP contribution in [0.5, 0.6) is 0 Å². The molecule has 3 N–H and O–H groups in total. The van der Waals surface area contributed by atoms with Crippen molar-refractivity contribution in [2.24, 2.45) is 0 Å². The number of nitrogens with one attached hydrogen (secondary N) is 2. The predicted octanol–water partition coefficient (Wildman–Crippen LogP) is 5.95. The Morgan fingerprint density at radius 3 is 2.06 bits per heavy atom.